The molecule has 6 atom stereocenters. The fourth-order valence-corrected chi connectivity index (χ4v) is 12.8. The van der Waals surface area contributed by atoms with Gasteiger partial charge in [0.15, 0.2) is 0 Å². The van der Waals surface area contributed by atoms with Crippen molar-refractivity contribution >= 4 is 105 Å². The Morgan fingerprint density at radius 3 is 1.19 bits per heavy atom. The molecule has 2 saturated heterocycles. The number of cyclic esters (lactones) is 2. The first-order valence-corrected chi connectivity index (χ1v) is 30.5. The lowest BCUT2D eigenvalue weighted by atomic mass is 9.98. The summed E-state index contributed by atoms with van der Waals surface area (Å²) >= 11 is 2.33. The fourth-order valence-electron chi connectivity index (χ4n) is 9.35. The molecule has 4 aliphatic rings. The van der Waals surface area contributed by atoms with Crippen molar-refractivity contribution in [2.45, 2.75) is 48.1 Å². The summed E-state index contributed by atoms with van der Waals surface area (Å²) in [4.78, 5) is 138. The van der Waals surface area contributed by atoms with Gasteiger partial charge in [0, 0.05) is 34.8 Å². The van der Waals surface area contributed by atoms with Gasteiger partial charge in [0.1, 0.15) is 62.7 Å². The Labute approximate surface area is 476 Å². The van der Waals surface area contributed by atoms with Gasteiger partial charge in [-0.1, -0.05) is 119 Å². The van der Waals surface area contributed by atoms with Gasteiger partial charge in [-0.25, -0.2) is 19.2 Å². The number of amides is 8. The van der Waals surface area contributed by atoms with Crippen LogP contribution in [0.25, 0.3) is 22.3 Å². The van der Waals surface area contributed by atoms with Crippen LogP contribution < -0.4 is 42.5 Å². The van der Waals surface area contributed by atoms with E-state index in [1.54, 1.807) is 12.5 Å². The molecule has 2 aliphatic heterocycles. The minimum Gasteiger partial charge on any atom is -0.461 e. The second-order valence-corrected chi connectivity index (χ2v) is 23.0. The lowest BCUT2D eigenvalue weighted by Gasteiger charge is -2.25. The number of rotatable bonds is 10. The van der Waals surface area contributed by atoms with Crippen molar-refractivity contribution in [3.63, 3.8) is 0 Å². The molecular weight excluding hydrogens is 1110 g/mol. The molecule has 8 amide bonds. The minimum atomic E-state index is -1.65. The van der Waals surface area contributed by atoms with Crippen LogP contribution in [0.3, 0.4) is 0 Å². The third-order valence-corrected chi connectivity index (χ3v) is 17.0. The molecule has 2 heterocycles. The minimum absolute atomic E-state index is 0.0447. The van der Waals surface area contributed by atoms with E-state index in [1.165, 1.54) is 0 Å². The molecule has 26 heteroatoms. The highest BCUT2D eigenvalue weighted by atomic mass is 33.1. The molecule has 8 rings (SSSR count). The zero-order valence-corrected chi connectivity index (χ0v) is 46.5. The third-order valence-electron chi connectivity index (χ3n) is 13.3. The van der Waals surface area contributed by atoms with Crippen molar-refractivity contribution in [2.24, 2.45) is 0 Å². The second kappa shape index (κ2) is 28.1. The smallest absolute Gasteiger partial charge is 0.407 e. The van der Waals surface area contributed by atoms with Crippen molar-refractivity contribution < 1.29 is 66.9 Å². The number of benzene rings is 4. The largest absolute Gasteiger partial charge is 0.461 e. The van der Waals surface area contributed by atoms with E-state index in [-0.39, 0.29) is 48.1 Å². The molecule has 2 fully saturated rings. The van der Waals surface area contributed by atoms with Gasteiger partial charge in [0.25, 0.3) is 0 Å². The quantitative estimate of drug-likeness (QED) is 0.0641. The van der Waals surface area contributed by atoms with Crippen molar-refractivity contribution in [3.8, 4) is 22.3 Å². The molecule has 0 spiro atoms. The van der Waals surface area contributed by atoms with Crippen LogP contribution in [-0.4, -0.2) is 171 Å². The predicted molar refractivity (Wildman–Crippen MR) is 301 cm³/mol. The molecule has 4 aromatic rings. The normalized spacial score (nSPS) is 22.5. The molecule has 8 N–H and O–H groups in total. The second-order valence-electron chi connectivity index (χ2n) is 18.6. The average molecular weight is 1170 g/mol. The van der Waals surface area contributed by atoms with Crippen LogP contribution in [0.5, 0.6) is 0 Å². The summed E-state index contributed by atoms with van der Waals surface area (Å²) in [6.07, 6.45) is 1.21. The van der Waals surface area contributed by atoms with Crippen LogP contribution in [0.15, 0.2) is 97.1 Å². The number of carbonyl (C=O) groups is 10. The predicted octanol–water partition coefficient (Wildman–Crippen LogP) is 2.19. The number of hydrogen-bond donors (Lipinski definition) is 8. The van der Waals surface area contributed by atoms with Crippen LogP contribution in [0, 0.1) is 0 Å². The number of fused-ring (bicyclic) bond motifs is 11. The highest BCUT2D eigenvalue weighted by molar-refractivity contribution is 8.76. The Bertz CT molecular complexity index is 2720. The molecule has 2 aliphatic carbocycles. The van der Waals surface area contributed by atoms with Gasteiger partial charge in [-0.3, -0.25) is 28.8 Å². The molecule has 4 aromatic carbocycles. The van der Waals surface area contributed by atoms with E-state index in [2.05, 4.69) is 42.5 Å². The zero-order valence-electron chi connectivity index (χ0n) is 43.3. The van der Waals surface area contributed by atoms with E-state index in [0.717, 1.165) is 89.6 Å². The summed E-state index contributed by atoms with van der Waals surface area (Å²) in [5.74, 6) is -8.61. The molecule has 80 heavy (non-hydrogen) atoms. The summed E-state index contributed by atoms with van der Waals surface area (Å²) < 4.78 is 22.4. The van der Waals surface area contributed by atoms with Gasteiger partial charge >= 0.3 is 24.1 Å². The molecule has 0 aromatic heterocycles. The van der Waals surface area contributed by atoms with Gasteiger partial charge in [0.2, 0.25) is 35.4 Å². The highest BCUT2D eigenvalue weighted by Crippen LogP contribution is 2.45. The zero-order chi connectivity index (χ0) is 56.7. The topological polar surface area (TPSA) is 304 Å². The van der Waals surface area contributed by atoms with E-state index in [0.29, 0.717) is 0 Å². The maximum absolute atomic E-state index is 14.1. The summed E-state index contributed by atoms with van der Waals surface area (Å²) in [6, 6.07) is 21.9. The van der Waals surface area contributed by atoms with E-state index >= 15 is 0 Å². The number of nitrogens with one attached hydrogen (secondary N) is 8. The Balaban J connectivity index is 0.988. The first kappa shape index (κ1) is 58.7. The maximum atomic E-state index is 14.1. The van der Waals surface area contributed by atoms with Gasteiger partial charge < -0.3 is 61.5 Å². The van der Waals surface area contributed by atoms with Crippen molar-refractivity contribution in [2.75, 3.05) is 75.0 Å². The lowest BCUT2D eigenvalue weighted by molar-refractivity contribution is -0.149. The molecule has 0 saturated carbocycles. The van der Waals surface area contributed by atoms with Crippen molar-refractivity contribution in [3.05, 3.63) is 119 Å². The van der Waals surface area contributed by atoms with Crippen LogP contribution in [0.1, 0.15) is 34.1 Å². The molecular formula is C54H58N8O14S4. The Kier molecular flexibility index (Phi) is 20.7. The molecule has 22 nitrogen and oxygen atoms in total. The van der Waals surface area contributed by atoms with E-state index in [4.69, 9.17) is 18.9 Å². The average Bonchev–Trinajstić information content (AvgIpc) is 4.02. The number of esters is 2. The maximum Gasteiger partial charge on any atom is 0.407 e. The van der Waals surface area contributed by atoms with Crippen LogP contribution in [0.2, 0.25) is 0 Å². The summed E-state index contributed by atoms with van der Waals surface area (Å²) in [7, 11) is 2.02. The molecule has 0 unspecified atom stereocenters. The monoisotopic (exact) mass is 1170 g/mol. The van der Waals surface area contributed by atoms with Crippen molar-refractivity contribution in [1.82, 2.24) is 42.5 Å². The SMILES string of the molecule is CSC[C@@H]1NC(=O)[C@@H]2CSSC[C@H](NC(=O)CNC(=O)[C@H](NC(=O)OCC3c4ccccc4-c4ccccc43)COC1=O)C(=O)N[C@@H](CSC)C(=O)OC[C@@H](NC(=O)OCC1c3ccccc3-c3ccccc31)C(=O)NCC(=O)N2. The number of ether oxygens (including phenoxy) is 4. The molecule has 0 radical (unpaired) electrons. The number of thioether (sulfide) groups is 2. The number of alkyl carbamates (subject to hydrolysis) is 2. The van der Waals surface area contributed by atoms with E-state index in [9.17, 15) is 47.9 Å². The Morgan fingerprint density at radius 1 is 0.512 bits per heavy atom. The first-order chi connectivity index (χ1) is 38.7. The third kappa shape index (κ3) is 14.9. The van der Waals surface area contributed by atoms with Crippen molar-refractivity contribution in [1.29, 1.82) is 0 Å². The van der Waals surface area contributed by atoms with Crippen LogP contribution in [-0.2, 0) is 57.3 Å². The fraction of sp³-hybridized carbons (Fsp3) is 0.370. The Morgan fingerprint density at radius 2 is 0.850 bits per heavy atom. The molecule has 2 bridgehead atoms. The number of carbonyl (C=O) groups excluding carboxylic acids is 10. The first-order valence-electron chi connectivity index (χ1n) is 25.3. The Hall–Kier alpha value is -7.42. The summed E-state index contributed by atoms with van der Waals surface area (Å²) in [5, 5.41) is 19.9. The van der Waals surface area contributed by atoms with Gasteiger partial charge in [-0.2, -0.15) is 23.5 Å². The highest BCUT2D eigenvalue weighted by Gasteiger charge is 2.36. The van der Waals surface area contributed by atoms with E-state index in [1.807, 2.05) is 97.1 Å². The summed E-state index contributed by atoms with van der Waals surface area (Å²) in [5.41, 5.74) is 7.65. The molecule has 422 valence electrons. The van der Waals surface area contributed by atoms with Gasteiger partial charge in [0.05, 0.1) is 13.1 Å². The standard InChI is InChI=1S/C54H58N8O14S4/c1-77-25-43-51(69)73-23-39(61-53(71)75-21-37-33-15-7-3-11-29(33)30-12-4-8-16-34(30)37)47(65)55-20-46(64)58-42-28-80-79-27-41(49(67)59-43)57-45(63)19-56-48(66)40(24-74-52(70)44(26-78-2)60-50(42)68)62-54(72)76-22-38-35-17-9-5-13-31(35)32-14-6-10-18-36(32)38/h3-18,37-44H,19-28H2,1-2H3,(H,55,65)(H,56,66)(H,57,63)(H,58,64)(H,59,67)(H,60,68)(H,61,71)(H,62,72)/t39-,40-,41+,42+,43+,44+/m1/s1. The number of hydrogen-bond acceptors (Lipinski definition) is 18. The summed E-state index contributed by atoms with van der Waals surface area (Å²) in [6.45, 7) is -3.32. The van der Waals surface area contributed by atoms with Gasteiger partial charge in [-0.05, 0) is 57.0 Å². The van der Waals surface area contributed by atoms with Crippen LogP contribution >= 0.6 is 45.1 Å². The van der Waals surface area contributed by atoms with Gasteiger partial charge in [-0.15, -0.1) is 0 Å². The van der Waals surface area contributed by atoms with Crippen LogP contribution in [0.4, 0.5) is 9.59 Å². The van der Waals surface area contributed by atoms with E-state index < -0.39 is 122 Å². The lowest BCUT2D eigenvalue weighted by Crippen LogP contribution is -2.58.